The van der Waals surface area contributed by atoms with Gasteiger partial charge in [0.15, 0.2) is 0 Å². The second-order valence-electron chi connectivity index (χ2n) is 9.52. The van der Waals surface area contributed by atoms with E-state index in [1.165, 1.54) is 23.1 Å². The fraction of sp³-hybridized carbons (Fsp3) is 0.500. The summed E-state index contributed by atoms with van der Waals surface area (Å²) in [7, 11) is 0. The first-order chi connectivity index (χ1) is 13.7. The molecule has 30 heavy (non-hydrogen) atoms. The lowest BCUT2D eigenvalue weighted by Crippen LogP contribution is -2.53. The number of fused-ring (bicyclic) bond motifs is 2. The van der Waals surface area contributed by atoms with Crippen LogP contribution in [-0.2, 0) is 19.7 Å². The van der Waals surface area contributed by atoms with E-state index in [2.05, 4.69) is 0 Å². The highest BCUT2D eigenvalue weighted by atomic mass is 19.1. The highest BCUT2D eigenvalue weighted by Crippen LogP contribution is 2.45. The molecule has 0 saturated carbocycles. The van der Waals surface area contributed by atoms with E-state index in [0.717, 1.165) is 4.90 Å². The summed E-state index contributed by atoms with van der Waals surface area (Å²) in [6.07, 6.45) is 1.84. The first kappa shape index (κ1) is 21.8. The maximum absolute atomic E-state index is 14.1. The Kier molecular flexibility index (Phi) is 5.16. The van der Waals surface area contributed by atoms with Crippen LogP contribution < -0.4 is 4.90 Å². The number of nitrogens with zero attached hydrogens (tertiary/aromatic N) is 2. The average Bonchev–Trinajstić information content (AvgIpc) is 2.81. The highest BCUT2D eigenvalue weighted by Gasteiger charge is 2.55. The van der Waals surface area contributed by atoms with Crippen molar-refractivity contribution >= 4 is 23.8 Å². The molecule has 0 bridgehead atoms. The molecule has 0 saturated heterocycles. The Hall–Kier alpha value is -2.90. The Balaban J connectivity index is 2.03. The van der Waals surface area contributed by atoms with Crippen LogP contribution in [0, 0.1) is 5.82 Å². The van der Waals surface area contributed by atoms with Crippen molar-refractivity contribution in [3.8, 4) is 0 Å². The SMILES string of the molecule is CC(C)(C)OC(=O)N1CC=CC2(C1)C(=O)N(C(=O)OC(C)(C)C)c1ccc(F)cc12. The fourth-order valence-electron chi connectivity index (χ4n) is 3.55. The standard InChI is InChI=1S/C22H27FN2O5/c1-20(2,3)29-18(27)24-11-7-10-22(13-24)15-12-14(23)8-9-16(15)25(17(22)26)19(28)30-21(4,5)6/h7-10,12H,11,13H2,1-6H3. The molecule has 3 rings (SSSR count). The number of imide groups is 1. The Morgan fingerprint density at radius 3 is 2.23 bits per heavy atom. The quantitative estimate of drug-likeness (QED) is 0.592. The number of carbonyl (C=O) groups excluding carboxylic acids is 3. The van der Waals surface area contributed by atoms with Crippen LogP contribution in [0.5, 0.6) is 0 Å². The molecular formula is C22H27FN2O5. The Bertz CT molecular complexity index is 928. The van der Waals surface area contributed by atoms with Crippen molar-refractivity contribution in [1.82, 2.24) is 4.90 Å². The molecule has 2 aliphatic heterocycles. The molecule has 0 aromatic heterocycles. The third-order valence-corrected chi connectivity index (χ3v) is 4.66. The van der Waals surface area contributed by atoms with Crippen LogP contribution in [0.3, 0.4) is 0 Å². The first-order valence-corrected chi connectivity index (χ1v) is 9.77. The molecule has 1 unspecified atom stereocenters. The Labute approximate surface area is 175 Å². The monoisotopic (exact) mass is 418 g/mol. The molecule has 162 valence electrons. The van der Waals surface area contributed by atoms with Gasteiger partial charge in [-0.2, -0.15) is 0 Å². The van der Waals surface area contributed by atoms with E-state index in [1.54, 1.807) is 53.7 Å². The lowest BCUT2D eigenvalue weighted by Gasteiger charge is -2.36. The lowest BCUT2D eigenvalue weighted by atomic mass is 9.79. The number of hydrogen-bond donors (Lipinski definition) is 0. The van der Waals surface area contributed by atoms with Gasteiger partial charge in [0.1, 0.15) is 22.4 Å². The average molecular weight is 418 g/mol. The number of ether oxygens (including phenoxy) is 2. The molecule has 3 amide bonds. The van der Waals surface area contributed by atoms with Crippen LogP contribution in [0.25, 0.3) is 0 Å². The summed E-state index contributed by atoms with van der Waals surface area (Å²) in [5, 5.41) is 0. The van der Waals surface area contributed by atoms with E-state index in [0.29, 0.717) is 5.56 Å². The van der Waals surface area contributed by atoms with Crippen molar-refractivity contribution in [2.24, 2.45) is 0 Å². The van der Waals surface area contributed by atoms with E-state index in [-0.39, 0.29) is 18.8 Å². The van der Waals surface area contributed by atoms with Gasteiger partial charge in [-0.05, 0) is 59.7 Å². The molecule has 2 heterocycles. The minimum absolute atomic E-state index is 0.0764. The van der Waals surface area contributed by atoms with Crippen LogP contribution in [-0.4, -0.2) is 47.3 Å². The van der Waals surface area contributed by atoms with Gasteiger partial charge in [-0.1, -0.05) is 12.2 Å². The van der Waals surface area contributed by atoms with Gasteiger partial charge in [-0.25, -0.2) is 18.9 Å². The van der Waals surface area contributed by atoms with Gasteiger partial charge in [-0.15, -0.1) is 0 Å². The minimum atomic E-state index is -1.40. The zero-order valence-electron chi connectivity index (χ0n) is 18.1. The van der Waals surface area contributed by atoms with Gasteiger partial charge in [0, 0.05) is 18.7 Å². The highest BCUT2D eigenvalue weighted by molar-refractivity contribution is 6.22. The third kappa shape index (κ3) is 4.04. The molecule has 0 radical (unpaired) electrons. The molecule has 0 fully saturated rings. The van der Waals surface area contributed by atoms with Gasteiger partial charge < -0.3 is 14.4 Å². The number of carbonyl (C=O) groups is 3. The van der Waals surface area contributed by atoms with Crippen molar-refractivity contribution in [3.05, 3.63) is 41.7 Å². The molecule has 1 atom stereocenters. The Morgan fingerprint density at radius 2 is 1.63 bits per heavy atom. The summed E-state index contributed by atoms with van der Waals surface area (Å²) in [5.41, 5.74) is -2.38. The zero-order chi connectivity index (χ0) is 22.5. The number of hydrogen-bond acceptors (Lipinski definition) is 5. The van der Waals surface area contributed by atoms with Crippen molar-refractivity contribution in [1.29, 1.82) is 0 Å². The van der Waals surface area contributed by atoms with Crippen molar-refractivity contribution < 1.29 is 28.2 Å². The van der Waals surface area contributed by atoms with Crippen molar-refractivity contribution in [3.63, 3.8) is 0 Å². The van der Waals surface area contributed by atoms with Crippen LogP contribution in [0.15, 0.2) is 30.4 Å². The summed E-state index contributed by atoms with van der Waals surface area (Å²) < 4.78 is 25.0. The van der Waals surface area contributed by atoms with Gasteiger partial charge in [0.25, 0.3) is 5.91 Å². The summed E-state index contributed by atoms with van der Waals surface area (Å²) in [5.74, 6) is -1.14. The second kappa shape index (κ2) is 7.11. The Morgan fingerprint density at radius 1 is 1.03 bits per heavy atom. The smallest absolute Gasteiger partial charge is 0.421 e. The van der Waals surface area contributed by atoms with Gasteiger partial charge in [0.2, 0.25) is 0 Å². The largest absolute Gasteiger partial charge is 0.444 e. The zero-order valence-corrected chi connectivity index (χ0v) is 18.1. The summed E-state index contributed by atoms with van der Waals surface area (Å²) in [6.45, 7) is 10.5. The van der Waals surface area contributed by atoms with Crippen LogP contribution in [0.2, 0.25) is 0 Å². The van der Waals surface area contributed by atoms with Gasteiger partial charge >= 0.3 is 12.2 Å². The number of anilines is 1. The van der Waals surface area contributed by atoms with E-state index in [9.17, 15) is 18.8 Å². The molecule has 7 nitrogen and oxygen atoms in total. The molecule has 1 spiro atoms. The second-order valence-corrected chi connectivity index (χ2v) is 9.52. The summed E-state index contributed by atoms with van der Waals surface area (Å²) in [6, 6.07) is 3.78. The summed E-state index contributed by atoms with van der Waals surface area (Å²) in [4.78, 5) is 41.2. The number of amides is 3. The third-order valence-electron chi connectivity index (χ3n) is 4.66. The van der Waals surface area contributed by atoms with E-state index < -0.39 is 40.5 Å². The maximum atomic E-state index is 14.1. The number of rotatable bonds is 0. The fourth-order valence-corrected chi connectivity index (χ4v) is 3.55. The maximum Gasteiger partial charge on any atom is 0.421 e. The minimum Gasteiger partial charge on any atom is -0.444 e. The lowest BCUT2D eigenvalue weighted by molar-refractivity contribution is -0.122. The van der Waals surface area contributed by atoms with Gasteiger partial charge in [0.05, 0.1) is 5.69 Å². The molecule has 1 aromatic carbocycles. The predicted octanol–water partition coefficient (Wildman–Crippen LogP) is 4.15. The molecule has 2 aliphatic rings. The van der Waals surface area contributed by atoms with E-state index >= 15 is 0 Å². The van der Waals surface area contributed by atoms with Gasteiger partial charge in [-0.3, -0.25) is 4.79 Å². The normalized spacial score (nSPS) is 21.1. The number of benzene rings is 1. The summed E-state index contributed by atoms with van der Waals surface area (Å²) >= 11 is 0. The molecular weight excluding hydrogens is 391 g/mol. The van der Waals surface area contributed by atoms with E-state index in [1.807, 2.05) is 0 Å². The predicted molar refractivity (Wildman–Crippen MR) is 109 cm³/mol. The molecule has 8 heteroatoms. The van der Waals surface area contributed by atoms with Crippen molar-refractivity contribution in [2.45, 2.75) is 58.2 Å². The van der Waals surface area contributed by atoms with E-state index in [4.69, 9.17) is 9.47 Å². The number of halogens is 1. The molecule has 0 aliphatic carbocycles. The van der Waals surface area contributed by atoms with Crippen molar-refractivity contribution in [2.75, 3.05) is 18.0 Å². The molecule has 0 N–H and O–H groups in total. The van der Waals surface area contributed by atoms with Crippen LogP contribution in [0.4, 0.5) is 19.7 Å². The topological polar surface area (TPSA) is 76.2 Å². The molecule has 1 aromatic rings. The van der Waals surface area contributed by atoms with Crippen LogP contribution >= 0.6 is 0 Å². The van der Waals surface area contributed by atoms with Crippen LogP contribution in [0.1, 0.15) is 47.1 Å². The first-order valence-electron chi connectivity index (χ1n) is 9.77.